The molecule has 0 saturated heterocycles. The first kappa shape index (κ1) is 16.4. The van der Waals surface area contributed by atoms with E-state index < -0.39 is 11.5 Å². The van der Waals surface area contributed by atoms with Gasteiger partial charge in [0.15, 0.2) is 0 Å². The molecule has 0 fully saturated rings. The minimum atomic E-state index is -0.632. The number of benzene rings is 1. The molecule has 1 N–H and O–H groups in total. The van der Waals surface area contributed by atoms with Gasteiger partial charge < -0.3 is 14.5 Å². The second kappa shape index (κ2) is 6.96. The van der Waals surface area contributed by atoms with Gasteiger partial charge in [0.1, 0.15) is 22.9 Å². The van der Waals surface area contributed by atoms with E-state index in [0.717, 1.165) is 11.3 Å². The molecular formula is C18H15N3O4. The first-order valence-electron chi connectivity index (χ1n) is 7.45. The van der Waals surface area contributed by atoms with Gasteiger partial charge in [-0.25, -0.2) is 9.78 Å². The van der Waals surface area contributed by atoms with E-state index >= 15 is 0 Å². The third kappa shape index (κ3) is 3.55. The summed E-state index contributed by atoms with van der Waals surface area (Å²) in [4.78, 5) is 32.0. The number of nitrogens with zero attached hydrogens (tertiary/aromatic N) is 2. The van der Waals surface area contributed by atoms with Gasteiger partial charge in [0, 0.05) is 18.0 Å². The maximum Gasteiger partial charge on any atom is 0.359 e. The fourth-order valence-corrected chi connectivity index (χ4v) is 2.30. The molecule has 7 heteroatoms. The number of amides is 1. The Bertz CT molecular complexity index is 950. The van der Waals surface area contributed by atoms with Crippen LogP contribution >= 0.6 is 0 Å². The van der Waals surface area contributed by atoms with E-state index in [1.807, 2.05) is 12.1 Å². The summed E-state index contributed by atoms with van der Waals surface area (Å²) in [6.07, 6.45) is 4.17. The van der Waals surface area contributed by atoms with E-state index in [1.165, 1.54) is 18.6 Å². The average molecular weight is 337 g/mol. The highest BCUT2D eigenvalue weighted by Crippen LogP contribution is 2.26. The summed E-state index contributed by atoms with van der Waals surface area (Å²) in [5.74, 6) is 0.632. The van der Waals surface area contributed by atoms with Crippen molar-refractivity contribution in [3.05, 3.63) is 70.8 Å². The topological polar surface area (TPSA) is 94.3 Å². The van der Waals surface area contributed by atoms with E-state index in [-0.39, 0.29) is 11.4 Å². The number of anilines is 1. The zero-order chi connectivity index (χ0) is 17.8. The van der Waals surface area contributed by atoms with Gasteiger partial charge in [-0.2, -0.15) is 0 Å². The van der Waals surface area contributed by atoms with Gasteiger partial charge >= 0.3 is 5.63 Å². The van der Waals surface area contributed by atoms with E-state index in [1.54, 1.807) is 32.2 Å². The molecule has 0 saturated carbocycles. The molecule has 0 aliphatic carbocycles. The maximum atomic E-state index is 12.2. The molecule has 0 atom stereocenters. The lowest BCUT2D eigenvalue weighted by atomic mass is 10.0. The molecule has 0 unspecified atom stereocenters. The Balaban J connectivity index is 1.95. The Morgan fingerprint density at radius 1 is 1.20 bits per heavy atom. The van der Waals surface area contributed by atoms with Gasteiger partial charge in [0.05, 0.1) is 13.3 Å². The summed E-state index contributed by atoms with van der Waals surface area (Å²) in [6, 6.07) is 8.87. The van der Waals surface area contributed by atoms with Crippen LogP contribution in [0.1, 0.15) is 16.2 Å². The van der Waals surface area contributed by atoms with Gasteiger partial charge in [-0.3, -0.25) is 9.78 Å². The van der Waals surface area contributed by atoms with Crippen molar-refractivity contribution in [1.82, 2.24) is 9.97 Å². The molecular weight excluding hydrogens is 322 g/mol. The molecule has 0 radical (unpaired) electrons. The first-order valence-corrected chi connectivity index (χ1v) is 7.45. The predicted molar refractivity (Wildman–Crippen MR) is 91.7 cm³/mol. The van der Waals surface area contributed by atoms with Crippen molar-refractivity contribution in [2.45, 2.75) is 6.92 Å². The molecule has 0 aliphatic rings. The Labute approximate surface area is 143 Å². The second-order valence-corrected chi connectivity index (χ2v) is 5.19. The maximum absolute atomic E-state index is 12.2. The van der Waals surface area contributed by atoms with Crippen LogP contribution in [0.5, 0.6) is 5.75 Å². The molecule has 2 aromatic heterocycles. The minimum Gasteiger partial charge on any atom is -0.497 e. The van der Waals surface area contributed by atoms with E-state index in [0.29, 0.717) is 11.3 Å². The number of ether oxygens (including phenoxy) is 1. The molecule has 0 aliphatic heterocycles. The summed E-state index contributed by atoms with van der Waals surface area (Å²) >= 11 is 0. The zero-order valence-corrected chi connectivity index (χ0v) is 13.6. The van der Waals surface area contributed by atoms with Crippen LogP contribution in [0, 0.1) is 6.92 Å². The Hall–Kier alpha value is -3.48. The van der Waals surface area contributed by atoms with E-state index in [4.69, 9.17) is 9.15 Å². The molecule has 3 rings (SSSR count). The van der Waals surface area contributed by atoms with Crippen molar-refractivity contribution in [3.8, 4) is 16.9 Å². The van der Waals surface area contributed by atoms with Crippen LogP contribution < -0.4 is 15.7 Å². The van der Waals surface area contributed by atoms with Gasteiger partial charge in [0.2, 0.25) is 0 Å². The molecule has 25 heavy (non-hydrogen) atoms. The van der Waals surface area contributed by atoms with Crippen molar-refractivity contribution < 1.29 is 13.9 Å². The van der Waals surface area contributed by atoms with E-state index in [9.17, 15) is 9.59 Å². The Morgan fingerprint density at radius 3 is 2.60 bits per heavy atom. The first-order chi connectivity index (χ1) is 12.1. The Kier molecular flexibility index (Phi) is 4.56. The lowest BCUT2D eigenvalue weighted by Crippen LogP contribution is -2.19. The monoisotopic (exact) mass is 337 g/mol. The molecule has 1 amide bonds. The molecule has 0 spiro atoms. The minimum absolute atomic E-state index is 0.0343. The van der Waals surface area contributed by atoms with Gasteiger partial charge in [0.25, 0.3) is 5.91 Å². The number of hydrogen-bond donors (Lipinski definition) is 1. The molecule has 7 nitrogen and oxygen atoms in total. The third-order valence-corrected chi connectivity index (χ3v) is 3.58. The molecule has 126 valence electrons. The summed E-state index contributed by atoms with van der Waals surface area (Å²) in [5.41, 5.74) is 1.03. The number of carbonyl (C=O) groups is 1. The van der Waals surface area contributed by atoms with Crippen molar-refractivity contribution >= 4 is 11.6 Å². The van der Waals surface area contributed by atoms with Crippen molar-refractivity contribution in [2.75, 3.05) is 12.4 Å². The van der Waals surface area contributed by atoms with Crippen molar-refractivity contribution in [1.29, 1.82) is 0 Å². The fourth-order valence-electron chi connectivity index (χ4n) is 2.30. The Morgan fingerprint density at radius 2 is 1.96 bits per heavy atom. The number of nitrogens with one attached hydrogen (secondary N) is 1. The van der Waals surface area contributed by atoms with Gasteiger partial charge in [-0.15, -0.1) is 0 Å². The standard InChI is InChI=1S/C18H15N3O4/c1-11-14(12-3-5-13(24-2)6-4-12)9-15(18(23)25-11)21-17(22)16-10-19-7-8-20-16/h3-10H,1-2H3,(H,21,22). The lowest BCUT2D eigenvalue weighted by molar-refractivity contribution is 0.102. The second-order valence-electron chi connectivity index (χ2n) is 5.19. The van der Waals surface area contributed by atoms with Crippen LogP contribution in [-0.4, -0.2) is 23.0 Å². The highest BCUT2D eigenvalue weighted by molar-refractivity contribution is 6.02. The largest absolute Gasteiger partial charge is 0.497 e. The number of aryl methyl sites for hydroxylation is 1. The average Bonchev–Trinajstić information content (AvgIpc) is 2.64. The molecule has 2 heterocycles. The number of carbonyl (C=O) groups excluding carboxylic acids is 1. The number of hydrogen-bond acceptors (Lipinski definition) is 6. The highest BCUT2D eigenvalue weighted by Gasteiger charge is 2.14. The summed E-state index contributed by atoms with van der Waals surface area (Å²) in [7, 11) is 1.59. The summed E-state index contributed by atoms with van der Waals surface area (Å²) < 4.78 is 10.4. The van der Waals surface area contributed by atoms with Crippen LogP contribution in [0.4, 0.5) is 5.69 Å². The van der Waals surface area contributed by atoms with Crippen LogP contribution in [0.3, 0.4) is 0 Å². The van der Waals surface area contributed by atoms with Crippen LogP contribution in [0.15, 0.2) is 58.1 Å². The van der Waals surface area contributed by atoms with Crippen LogP contribution in [-0.2, 0) is 0 Å². The molecule has 3 aromatic rings. The smallest absolute Gasteiger partial charge is 0.359 e. The predicted octanol–water partition coefficient (Wildman–Crippen LogP) is 2.67. The molecule has 1 aromatic carbocycles. The zero-order valence-electron chi connectivity index (χ0n) is 13.6. The summed E-state index contributed by atoms with van der Waals surface area (Å²) in [6.45, 7) is 1.69. The number of methoxy groups -OCH3 is 1. The molecule has 0 bridgehead atoms. The highest BCUT2D eigenvalue weighted by atomic mass is 16.5. The van der Waals surface area contributed by atoms with Crippen molar-refractivity contribution in [3.63, 3.8) is 0 Å². The fraction of sp³-hybridized carbons (Fsp3) is 0.111. The summed E-state index contributed by atoms with van der Waals surface area (Å²) in [5, 5.41) is 2.51. The quantitative estimate of drug-likeness (QED) is 0.786. The SMILES string of the molecule is COc1ccc(-c2cc(NC(=O)c3cnccn3)c(=O)oc2C)cc1. The third-order valence-electron chi connectivity index (χ3n) is 3.58. The normalized spacial score (nSPS) is 10.3. The van der Waals surface area contributed by atoms with Crippen LogP contribution in [0.2, 0.25) is 0 Å². The van der Waals surface area contributed by atoms with Gasteiger partial charge in [-0.1, -0.05) is 12.1 Å². The van der Waals surface area contributed by atoms with Crippen molar-refractivity contribution in [2.24, 2.45) is 0 Å². The van der Waals surface area contributed by atoms with E-state index in [2.05, 4.69) is 15.3 Å². The van der Waals surface area contributed by atoms with Crippen LogP contribution in [0.25, 0.3) is 11.1 Å². The lowest BCUT2D eigenvalue weighted by Gasteiger charge is -2.09. The van der Waals surface area contributed by atoms with Gasteiger partial charge in [-0.05, 0) is 30.7 Å². The number of rotatable bonds is 4. The number of aromatic nitrogens is 2.